The van der Waals surface area contributed by atoms with E-state index in [0.29, 0.717) is 28.5 Å². The van der Waals surface area contributed by atoms with E-state index < -0.39 is 0 Å². The zero-order valence-electron chi connectivity index (χ0n) is 36.9. The van der Waals surface area contributed by atoms with Crippen LogP contribution in [-0.4, -0.2) is 33.1 Å². The summed E-state index contributed by atoms with van der Waals surface area (Å²) in [6, 6.07) is 61.7. The van der Waals surface area contributed by atoms with Gasteiger partial charge in [0, 0.05) is 22.1 Å². The molecule has 0 N–H and O–H groups in total. The van der Waals surface area contributed by atoms with Gasteiger partial charge in [0.1, 0.15) is 11.5 Å². The number of hydrogen-bond donors (Lipinski definition) is 0. The van der Waals surface area contributed by atoms with Gasteiger partial charge < -0.3 is 0 Å². The number of rotatable bonds is 9. The predicted octanol–water partition coefficient (Wildman–Crippen LogP) is 13.2. The molecular weight excluding hydrogens is 1030 g/mol. The molecule has 0 amide bonds. The molecule has 0 aliphatic carbocycles. The number of nitrogens with zero attached hydrogens (tertiary/aromatic N) is 10. The molecular formula is C59H32N10W. The summed E-state index contributed by atoms with van der Waals surface area (Å²) in [5.74, 6) is 1.41. The second-order valence-corrected chi connectivity index (χ2v) is 17.1. The molecule has 0 aliphatic rings. The summed E-state index contributed by atoms with van der Waals surface area (Å²) in [6.45, 7) is 7.59. The fourth-order valence-electron chi connectivity index (χ4n) is 8.88. The molecule has 0 fully saturated rings. The van der Waals surface area contributed by atoms with Crippen LogP contribution >= 0.6 is 0 Å². The molecule has 0 unspecified atom stereocenters. The van der Waals surface area contributed by atoms with Gasteiger partial charge in [-0.05, 0) is 36.4 Å². The molecule has 324 valence electrons. The molecule has 0 saturated carbocycles. The maximum absolute atomic E-state index is 9.66. The Morgan fingerprint density at radius 3 is 1.49 bits per heavy atom. The van der Waals surface area contributed by atoms with E-state index in [1.165, 1.54) is 25.4 Å². The molecule has 0 spiro atoms. The van der Waals surface area contributed by atoms with Crippen molar-refractivity contribution in [2.45, 2.75) is 0 Å². The number of fused-ring (bicyclic) bond motifs is 6. The van der Waals surface area contributed by atoms with Crippen LogP contribution in [0.15, 0.2) is 188 Å². The van der Waals surface area contributed by atoms with E-state index in [4.69, 9.17) is 26.5 Å². The van der Waals surface area contributed by atoms with E-state index >= 15 is 0 Å². The fraction of sp³-hybridized carbons (Fsp3) is 0. The van der Waals surface area contributed by atoms with E-state index in [9.17, 15) is 15.8 Å². The Bertz CT molecular complexity index is 4140. The first-order valence-electron chi connectivity index (χ1n) is 22.0. The fourth-order valence-corrected chi connectivity index (χ4v) is 9.56. The van der Waals surface area contributed by atoms with Crippen molar-refractivity contribution in [3.8, 4) is 85.9 Å². The first-order chi connectivity index (χ1) is 34.5. The SMILES string of the molecule is [C-]#[N+]c1ccc(-c2c(/C([CH]=[W])=C/C=CC#N)nc3c4ccccc4nc(-c4ccc(-c5ccc(-c6nc7ccccc7c7nc(-c8ccc(C#N)cc8)c(-c8ccc(C#N)cc8)n67)cc5)cc4)n23)cc1. The molecule has 11 rings (SSSR count). The number of benzene rings is 7. The Kier molecular flexibility index (Phi) is 11.1. The van der Waals surface area contributed by atoms with Crippen molar-refractivity contribution >= 4 is 48.8 Å². The van der Waals surface area contributed by atoms with Gasteiger partial charge in [-0.3, -0.25) is 4.40 Å². The van der Waals surface area contributed by atoms with Crippen LogP contribution in [0.3, 0.4) is 0 Å². The standard InChI is InChI=1S/C59H32N10.W/c1-37(9-7-8-34-60)52-54(44-30-32-47(63-2)33-31-44)68-56(64-50-12-5-3-10-48(50)58(68)66-52)45-26-22-40(23-27-45)41-24-28-46(29-25-41)57-65-51-13-6-4-11-49(51)59-67-53(42-18-14-38(35-61)15-19-42)55(69(57)59)43-20-16-39(36-62)17-21-43;/h1,3-33H;/b8-7?,37-9+;. The van der Waals surface area contributed by atoms with Gasteiger partial charge in [-0.1, -0.05) is 48.5 Å². The molecule has 7 aromatic carbocycles. The predicted molar refractivity (Wildman–Crippen MR) is 272 cm³/mol. The number of para-hydroxylation sites is 2. The summed E-state index contributed by atoms with van der Waals surface area (Å²) in [4.78, 5) is 24.8. The Hall–Kier alpha value is -9.70. The van der Waals surface area contributed by atoms with Crippen molar-refractivity contribution < 1.29 is 19.4 Å². The van der Waals surface area contributed by atoms with Gasteiger partial charge in [-0.2, -0.15) is 10.5 Å². The number of aromatic nitrogens is 6. The zero-order chi connectivity index (χ0) is 47.7. The third kappa shape index (κ3) is 7.54. The van der Waals surface area contributed by atoms with Crippen LogP contribution in [0, 0.1) is 40.6 Å². The van der Waals surface area contributed by atoms with Gasteiger partial charge in [0.15, 0.2) is 0 Å². The summed E-state index contributed by atoms with van der Waals surface area (Å²) in [6.07, 6.45) is 5.08. The van der Waals surface area contributed by atoms with Crippen molar-refractivity contribution in [2.75, 3.05) is 0 Å². The molecule has 0 radical (unpaired) electrons. The number of imidazole rings is 2. The number of nitriles is 3. The van der Waals surface area contributed by atoms with Gasteiger partial charge in [-0.25, -0.2) is 9.97 Å². The van der Waals surface area contributed by atoms with Crippen LogP contribution in [0.1, 0.15) is 16.8 Å². The molecule has 0 atom stereocenters. The van der Waals surface area contributed by atoms with Crippen molar-refractivity contribution in [3.05, 3.63) is 216 Å². The Balaban J connectivity index is 1.04. The topological polar surface area (TPSA) is 136 Å². The molecule has 11 heteroatoms. The molecule has 4 heterocycles. The van der Waals surface area contributed by atoms with Gasteiger partial charge in [0.25, 0.3) is 0 Å². The quantitative estimate of drug-likeness (QED) is 0.0797. The monoisotopic (exact) mass is 1060 g/mol. The minimum atomic E-state index is 0.538. The van der Waals surface area contributed by atoms with Crippen LogP contribution < -0.4 is 0 Å². The summed E-state index contributed by atoms with van der Waals surface area (Å²) in [5, 5.41) is 30.3. The van der Waals surface area contributed by atoms with Crippen molar-refractivity contribution in [2.24, 2.45) is 0 Å². The van der Waals surface area contributed by atoms with E-state index in [1.807, 2.05) is 115 Å². The van der Waals surface area contributed by atoms with Gasteiger partial charge in [0.2, 0.25) is 0 Å². The third-order valence-corrected chi connectivity index (χ3v) is 13.1. The van der Waals surface area contributed by atoms with Gasteiger partial charge in [-0.15, -0.1) is 0 Å². The van der Waals surface area contributed by atoms with E-state index in [0.717, 1.165) is 100 Å². The van der Waals surface area contributed by atoms with Crippen molar-refractivity contribution in [1.29, 1.82) is 15.8 Å². The summed E-state index contributed by atoms with van der Waals surface area (Å²) in [7, 11) is 0. The first-order valence-corrected chi connectivity index (χ1v) is 23.7. The zero-order valence-corrected chi connectivity index (χ0v) is 39.8. The van der Waals surface area contributed by atoms with Gasteiger partial charge >= 0.3 is 231 Å². The average Bonchev–Trinajstić information content (AvgIpc) is 4.03. The van der Waals surface area contributed by atoms with Crippen LogP contribution in [0.4, 0.5) is 5.69 Å². The Morgan fingerprint density at radius 2 is 0.971 bits per heavy atom. The summed E-state index contributed by atoms with van der Waals surface area (Å²) < 4.78 is 6.28. The molecule has 0 aliphatic heterocycles. The molecule has 10 nitrogen and oxygen atoms in total. The first kappa shape index (κ1) is 42.9. The Labute approximate surface area is 412 Å². The second kappa shape index (κ2) is 18.2. The van der Waals surface area contributed by atoms with Crippen LogP contribution in [0.5, 0.6) is 0 Å². The number of hydrogen-bond acceptors (Lipinski definition) is 7. The number of allylic oxidation sites excluding steroid dienone is 4. The molecule has 0 bridgehead atoms. The normalized spacial score (nSPS) is 11.5. The van der Waals surface area contributed by atoms with Crippen molar-refractivity contribution in [3.63, 3.8) is 0 Å². The van der Waals surface area contributed by atoms with Crippen LogP contribution in [0.25, 0.3) is 111 Å². The summed E-state index contributed by atoms with van der Waals surface area (Å²) >= 11 is 1.23. The molecule has 4 aromatic heterocycles. The maximum atomic E-state index is 9.66. The Morgan fingerprint density at radius 1 is 0.514 bits per heavy atom. The summed E-state index contributed by atoms with van der Waals surface area (Å²) in [5.41, 5.74) is 15.1. The second-order valence-electron chi connectivity index (χ2n) is 16.3. The molecule has 70 heavy (non-hydrogen) atoms. The van der Waals surface area contributed by atoms with Gasteiger partial charge in [0.05, 0.1) is 40.2 Å². The van der Waals surface area contributed by atoms with Crippen molar-refractivity contribution in [1.82, 2.24) is 28.7 Å². The van der Waals surface area contributed by atoms with E-state index in [2.05, 4.69) is 84.8 Å². The van der Waals surface area contributed by atoms with E-state index in [-0.39, 0.29) is 0 Å². The molecule has 11 aromatic rings. The van der Waals surface area contributed by atoms with E-state index in [1.54, 1.807) is 18.2 Å². The van der Waals surface area contributed by atoms with Crippen LogP contribution in [-0.2, 0) is 19.4 Å². The third-order valence-electron chi connectivity index (χ3n) is 12.2. The molecule has 0 saturated heterocycles. The minimum absolute atomic E-state index is 0.538. The van der Waals surface area contributed by atoms with Crippen LogP contribution in [0.2, 0.25) is 0 Å². The average molecular weight is 1060 g/mol.